The van der Waals surface area contributed by atoms with E-state index in [-0.39, 0.29) is 6.10 Å². The number of halogens is 1. The van der Waals surface area contributed by atoms with E-state index in [9.17, 15) is 0 Å². The topological polar surface area (TPSA) is 69.4 Å². The maximum Gasteiger partial charge on any atom is 0.149 e. The molecule has 1 atom stereocenters. The van der Waals surface area contributed by atoms with Crippen LogP contribution in [0.15, 0.2) is 16.7 Å². The van der Waals surface area contributed by atoms with Gasteiger partial charge in [-0.25, -0.2) is 4.98 Å². The normalized spacial score (nSPS) is 20.7. The summed E-state index contributed by atoms with van der Waals surface area (Å²) in [6.45, 7) is 2.59. The average Bonchev–Trinajstić information content (AvgIpc) is 2.29. The van der Waals surface area contributed by atoms with E-state index in [1.54, 1.807) is 6.20 Å². The van der Waals surface area contributed by atoms with Crippen LogP contribution in [-0.2, 0) is 9.47 Å². The van der Waals surface area contributed by atoms with Crippen molar-refractivity contribution in [2.75, 3.05) is 37.4 Å². The quantitative estimate of drug-likeness (QED) is 0.876. The fraction of sp³-hybridized carbons (Fsp3) is 0.500. The summed E-state index contributed by atoms with van der Waals surface area (Å²) in [6, 6.07) is 1.81. The van der Waals surface area contributed by atoms with Crippen molar-refractivity contribution in [1.29, 1.82) is 0 Å². The van der Waals surface area contributed by atoms with Crippen LogP contribution in [0.1, 0.15) is 0 Å². The van der Waals surface area contributed by atoms with Crippen molar-refractivity contribution in [2.24, 2.45) is 0 Å². The molecule has 1 fully saturated rings. The van der Waals surface area contributed by atoms with Gasteiger partial charge in [-0.15, -0.1) is 0 Å². The highest BCUT2D eigenvalue weighted by Gasteiger charge is 2.14. The Morgan fingerprint density at radius 2 is 2.44 bits per heavy atom. The third-order valence-corrected chi connectivity index (χ3v) is 2.70. The second-order valence-corrected chi connectivity index (χ2v) is 4.46. The molecule has 0 radical (unpaired) electrons. The van der Waals surface area contributed by atoms with Crippen molar-refractivity contribution in [3.05, 3.63) is 16.7 Å². The molecule has 3 N–H and O–H groups in total. The average molecular weight is 288 g/mol. The number of aromatic nitrogens is 1. The molecule has 16 heavy (non-hydrogen) atoms. The van der Waals surface area contributed by atoms with Gasteiger partial charge in [-0.05, 0) is 22.0 Å². The van der Waals surface area contributed by atoms with Crippen molar-refractivity contribution in [1.82, 2.24) is 4.98 Å². The van der Waals surface area contributed by atoms with Crippen LogP contribution in [0.5, 0.6) is 0 Å². The highest BCUT2D eigenvalue weighted by molar-refractivity contribution is 9.10. The molecule has 2 heterocycles. The zero-order chi connectivity index (χ0) is 11.4. The predicted octanol–water partition coefficient (Wildman–Crippen LogP) is 1.25. The van der Waals surface area contributed by atoms with Gasteiger partial charge in [-0.1, -0.05) is 0 Å². The van der Waals surface area contributed by atoms with Gasteiger partial charge in [0, 0.05) is 17.2 Å². The van der Waals surface area contributed by atoms with E-state index in [0.717, 1.165) is 4.47 Å². The molecule has 1 aliphatic heterocycles. The minimum atomic E-state index is 0.0681. The number of anilines is 2. The van der Waals surface area contributed by atoms with Crippen LogP contribution in [-0.4, -0.2) is 37.5 Å². The Balaban J connectivity index is 1.88. The predicted molar refractivity (Wildman–Crippen MR) is 65.4 cm³/mol. The molecule has 0 aliphatic carbocycles. The Labute approximate surface area is 102 Å². The van der Waals surface area contributed by atoms with E-state index < -0.39 is 0 Å². The summed E-state index contributed by atoms with van der Waals surface area (Å²) in [5.41, 5.74) is 6.43. The van der Waals surface area contributed by atoms with Crippen molar-refractivity contribution in [3.8, 4) is 0 Å². The van der Waals surface area contributed by atoms with Crippen molar-refractivity contribution in [2.45, 2.75) is 6.10 Å². The molecule has 88 valence electrons. The Morgan fingerprint density at radius 1 is 1.56 bits per heavy atom. The number of nitrogens with two attached hydrogens (primary N) is 1. The number of hydrogen-bond donors (Lipinski definition) is 2. The Bertz CT molecular complexity index is 356. The molecule has 1 aromatic heterocycles. The maximum atomic E-state index is 5.81. The first-order valence-corrected chi connectivity index (χ1v) is 5.89. The summed E-state index contributed by atoms with van der Waals surface area (Å²) in [6.07, 6.45) is 1.77. The molecule has 1 unspecified atom stereocenters. The highest BCUT2D eigenvalue weighted by atomic mass is 79.9. The Morgan fingerprint density at radius 3 is 3.12 bits per heavy atom. The summed E-state index contributed by atoms with van der Waals surface area (Å²) in [5.74, 6) is 0.678. The molecular formula is C10H14BrN3O2. The third kappa shape index (κ3) is 3.07. The lowest BCUT2D eigenvalue weighted by molar-refractivity contribution is -0.0819. The Hall–Kier alpha value is -0.850. The van der Waals surface area contributed by atoms with E-state index in [0.29, 0.717) is 37.9 Å². The van der Waals surface area contributed by atoms with Crippen molar-refractivity contribution >= 4 is 27.4 Å². The minimum Gasteiger partial charge on any atom is -0.396 e. The molecule has 1 aromatic rings. The molecule has 0 saturated carbocycles. The lowest BCUT2D eigenvalue weighted by Gasteiger charge is -2.23. The molecule has 0 aromatic carbocycles. The first kappa shape index (κ1) is 11.6. The molecular weight excluding hydrogens is 274 g/mol. The molecule has 1 aliphatic rings. The number of nitrogens with zero attached hydrogens (tertiary/aromatic N) is 1. The van der Waals surface area contributed by atoms with Crippen molar-refractivity contribution < 1.29 is 9.47 Å². The van der Waals surface area contributed by atoms with Gasteiger partial charge < -0.3 is 20.5 Å². The van der Waals surface area contributed by atoms with Gasteiger partial charge in [-0.3, -0.25) is 0 Å². The summed E-state index contributed by atoms with van der Waals surface area (Å²) in [5, 5.41) is 3.15. The lowest BCUT2D eigenvalue weighted by Crippen LogP contribution is -2.34. The summed E-state index contributed by atoms with van der Waals surface area (Å²) in [4.78, 5) is 4.18. The largest absolute Gasteiger partial charge is 0.396 e. The van der Waals surface area contributed by atoms with E-state index in [1.807, 2.05) is 6.07 Å². The third-order valence-electron chi connectivity index (χ3n) is 2.27. The maximum absolute atomic E-state index is 5.81. The first-order chi connectivity index (χ1) is 7.75. The summed E-state index contributed by atoms with van der Waals surface area (Å²) >= 11 is 3.31. The van der Waals surface area contributed by atoms with Gasteiger partial charge in [0.1, 0.15) is 5.82 Å². The Kier molecular flexibility index (Phi) is 3.98. The number of ether oxygens (including phenoxy) is 2. The zero-order valence-electron chi connectivity index (χ0n) is 8.78. The molecule has 2 rings (SSSR count). The zero-order valence-corrected chi connectivity index (χ0v) is 10.4. The van der Waals surface area contributed by atoms with Crippen LogP contribution >= 0.6 is 15.9 Å². The molecule has 0 amide bonds. The van der Waals surface area contributed by atoms with E-state index in [2.05, 4.69) is 26.2 Å². The fourth-order valence-corrected chi connectivity index (χ4v) is 1.82. The van der Waals surface area contributed by atoms with Gasteiger partial charge in [0.05, 0.1) is 31.6 Å². The number of rotatable bonds is 3. The number of pyridine rings is 1. The monoisotopic (exact) mass is 287 g/mol. The van der Waals surface area contributed by atoms with Crippen molar-refractivity contribution in [3.63, 3.8) is 0 Å². The SMILES string of the molecule is Nc1cc(Br)cnc1NCC1COCCO1. The van der Waals surface area contributed by atoms with Crippen LogP contribution in [0.4, 0.5) is 11.5 Å². The standard InChI is InChI=1S/C10H14BrN3O2/c11-7-3-9(12)10(13-4-7)14-5-8-6-15-1-2-16-8/h3-4,8H,1-2,5-6,12H2,(H,13,14). The number of hydrogen-bond acceptors (Lipinski definition) is 5. The van der Waals surface area contributed by atoms with Crippen LogP contribution in [0, 0.1) is 0 Å². The highest BCUT2D eigenvalue weighted by Crippen LogP contribution is 2.19. The smallest absolute Gasteiger partial charge is 0.149 e. The van der Waals surface area contributed by atoms with Gasteiger partial charge in [-0.2, -0.15) is 0 Å². The van der Waals surface area contributed by atoms with Crippen LogP contribution in [0.2, 0.25) is 0 Å². The number of nitrogen functional groups attached to an aromatic ring is 1. The molecule has 1 saturated heterocycles. The second kappa shape index (κ2) is 5.47. The summed E-state index contributed by atoms with van der Waals surface area (Å²) in [7, 11) is 0. The lowest BCUT2D eigenvalue weighted by atomic mass is 10.3. The van der Waals surface area contributed by atoms with Gasteiger partial charge in [0.25, 0.3) is 0 Å². The molecule has 6 heteroatoms. The van der Waals surface area contributed by atoms with E-state index in [4.69, 9.17) is 15.2 Å². The van der Waals surface area contributed by atoms with Crippen LogP contribution in [0.3, 0.4) is 0 Å². The van der Waals surface area contributed by atoms with Gasteiger partial charge >= 0.3 is 0 Å². The molecule has 0 bridgehead atoms. The van der Waals surface area contributed by atoms with Crippen LogP contribution < -0.4 is 11.1 Å². The second-order valence-electron chi connectivity index (χ2n) is 3.54. The van der Waals surface area contributed by atoms with Crippen LogP contribution in [0.25, 0.3) is 0 Å². The van der Waals surface area contributed by atoms with E-state index in [1.165, 1.54) is 0 Å². The molecule has 0 spiro atoms. The summed E-state index contributed by atoms with van der Waals surface area (Å²) < 4.78 is 11.7. The first-order valence-electron chi connectivity index (χ1n) is 5.10. The van der Waals surface area contributed by atoms with Gasteiger partial charge in [0.15, 0.2) is 0 Å². The molecule has 5 nitrogen and oxygen atoms in total. The van der Waals surface area contributed by atoms with Gasteiger partial charge in [0.2, 0.25) is 0 Å². The fourth-order valence-electron chi connectivity index (χ4n) is 1.47. The van der Waals surface area contributed by atoms with E-state index >= 15 is 0 Å². The number of nitrogens with one attached hydrogen (secondary N) is 1. The minimum absolute atomic E-state index is 0.0681.